The molecule has 4 nitrogen and oxygen atoms in total. The summed E-state index contributed by atoms with van der Waals surface area (Å²) in [6.45, 7) is 0. The zero-order valence-electron chi connectivity index (χ0n) is 6.12. The molecule has 0 fully saturated rings. The Morgan fingerprint density at radius 1 is 1.54 bits per heavy atom. The van der Waals surface area contributed by atoms with Crippen LogP contribution >= 0.6 is 35.6 Å². The molecule has 0 saturated carbocycles. The smallest absolute Gasteiger partial charge is 0.341 e. The van der Waals surface area contributed by atoms with Gasteiger partial charge in [-0.15, -0.1) is 12.4 Å². The van der Waals surface area contributed by atoms with Gasteiger partial charge in [-0.3, -0.25) is 0 Å². The van der Waals surface area contributed by atoms with Gasteiger partial charge in [0.1, 0.15) is 16.5 Å². The van der Waals surface area contributed by atoms with Gasteiger partial charge in [-0.25, -0.2) is 9.78 Å². The van der Waals surface area contributed by atoms with Crippen molar-refractivity contribution in [3.05, 3.63) is 21.8 Å². The molecule has 7 heteroatoms. The second-order valence-corrected chi connectivity index (χ2v) is 2.79. The first kappa shape index (κ1) is 12.3. The van der Waals surface area contributed by atoms with E-state index in [0.29, 0.717) is 0 Å². The van der Waals surface area contributed by atoms with E-state index in [4.69, 9.17) is 34.0 Å². The van der Waals surface area contributed by atoms with Crippen LogP contribution in [0.4, 0.5) is 5.82 Å². The van der Waals surface area contributed by atoms with Crippen LogP contribution in [0.2, 0.25) is 10.2 Å². The van der Waals surface area contributed by atoms with E-state index in [1.807, 2.05) is 0 Å². The van der Waals surface area contributed by atoms with Crippen LogP contribution in [0.1, 0.15) is 10.4 Å². The molecular formula is C6H5Cl3N2O2. The summed E-state index contributed by atoms with van der Waals surface area (Å²) in [4.78, 5) is 14.0. The van der Waals surface area contributed by atoms with Crippen molar-refractivity contribution in [2.45, 2.75) is 0 Å². The lowest BCUT2D eigenvalue weighted by molar-refractivity contribution is 0.0698. The maximum atomic E-state index is 10.5. The molecule has 0 aliphatic rings. The molecule has 0 amide bonds. The SMILES string of the molecule is Cl.Nc1nc(Cl)cc(Cl)c1C(=O)O. The van der Waals surface area contributed by atoms with Crippen LogP contribution < -0.4 is 5.73 Å². The van der Waals surface area contributed by atoms with Gasteiger partial charge in [-0.05, 0) is 6.07 Å². The van der Waals surface area contributed by atoms with Crippen molar-refractivity contribution in [3.63, 3.8) is 0 Å². The molecule has 1 heterocycles. The first-order chi connectivity index (χ1) is 5.52. The number of carboxylic acid groups (broad SMARTS) is 1. The van der Waals surface area contributed by atoms with Crippen LogP contribution in [-0.2, 0) is 0 Å². The molecule has 0 unspecified atom stereocenters. The predicted octanol–water partition coefficient (Wildman–Crippen LogP) is 2.09. The number of carboxylic acids is 1. The highest BCUT2D eigenvalue weighted by Crippen LogP contribution is 2.23. The number of anilines is 1. The lowest BCUT2D eigenvalue weighted by Crippen LogP contribution is -2.05. The van der Waals surface area contributed by atoms with Crippen LogP contribution in [0.5, 0.6) is 0 Å². The third-order valence-electron chi connectivity index (χ3n) is 1.18. The van der Waals surface area contributed by atoms with Crippen molar-refractivity contribution in [3.8, 4) is 0 Å². The molecule has 0 aliphatic heterocycles. The lowest BCUT2D eigenvalue weighted by atomic mass is 10.2. The average molecular weight is 243 g/mol. The lowest BCUT2D eigenvalue weighted by Gasteiger charge is -2.01. The maximum Gasteiger partial charge on any atom is 0.341 e. The quantitative estimate of drug-likeness (QED) is 0.741. The van der Waals surface area contributed by atoms with Gasteiger partial charge >= 0.3 is 5.97 Å². The highest BCUT2D eigenvalue weighted by molar-refractivity contribution is 6.36. The first-order valence-electron chi connectivity index (χ1n) is 2.87. The number of rotatable bonds is 1. The second-order valence-electron chi connectivity index (χ2n) is 1.99. The van der Waals surface area contributed by atoms with E-state index in [0.717, 1.165) is 0 Å². The topological polar surface area (TPSA) is 76.2 Å². The Kier molecular flexibility index (Phi) is 4.26. The average Bonchev–Trinajstić information content (AvgIpc) is 1.82. The van der Waals surface area contributed by atoms with Gasteiger partial charge in [0.05, 0.1) is 5.02 Å². The molecule has 0 atom stereocenters. The number of aromatic nitrogens is 1. The minimum atomic E-state index is -1.22. The zero-order chi connectivity index (χ0) is 9.30. The number of nitrogens with two attached hydrogens (primary N) is 1. The molecule has 0 bridgehead atoms. The molecule has 0 saturated heterocycles. The maximum absolute atomic E-state index is 10.5. The molecule has 1 aromatic heterocycles. The Hall–Kier alpha value is -0.710. The highest BCUT2D eigenvalue weighted by Gasteiger charge is 2.14. The molecule has 72 valence electrons. The summed E-state index contributed by atoms with van der Waals surface area (Å²) in [5.41, 5.74) is 5.04. The van der Waals surface area contributed by atoms with Crippen molar-refractivity contribution in [2.75, 3.05) is 5.73 Å². The number of hydrogen-bond acceptors (Lipinski definition) is 3. The Labute approximate surface area is 90.1 Å². The Balaban J connectivity index is 0.00000144. The molecule has 0 radical (unpaired) electrons. The molecule has 13 heavy (non-hydrogen) atoms. The van der Waals surface area contributed by atoms with Gasteiger partial charge in [0, 0.05) is 0 Å². The molecule has 0 aliphatic carbocycles. The molecule has 1 rings (SSSR count). The normalized spacial score (nSPS) is 9.08. The van der Waals surface area contributed by atoms with Crippen molar-refractivity contribution < 1.29 is 9.90 Å². The van der Waals surface area contributed by atoms with Crippen molar-refractivity contribution in [1.82, 2.24) is 4.98 Å². The van der Waals surface area contributed by atoms with Crippen molar-refractivity contribution in [2.24, 2.45) is 0 Å². The first-order valence-corrected chi connectivity index (χ1v) is 3.62. The van der Waals surface area contributed by atoms with Gasteiger partial charge in [-0.1, -0.05) is 23.2 Å². The van der Waals surface area contributed by atoms with E-state index in [1.54, 1.807) is 0 Å². The van der Waals surface area contributed by atoms with Crippen LogP contribution in [0.15, 0.2) is 6.07 Å². The third-order valence-corrected chi connectivity index (χ3v) is 1.67. The number of hydrogen-bond donors (Lipinski definition) is 2. The molecule has 1 aromatic rings. The van der Waals surface area contributed by atoms with E-state index in [2.05, 4.69) is 4.98 Å². The van der Waals surface area contributed by atoms with Crippen LogP contribution in [0, 0.1) is 0 Å². The second kappa shape index (κ2) is 4.50. The fourth-order valence-corrected chi connectivity index (χ4v) is 1.25. The molecule has 3 N–H and O–H groups in total. The third kappa shape index (κ3) is 2.62. The van der Waals surface area contributed by atoms with Crippen LogP contribution in [-0.4, -0.2) is 16.1 Å². The summed E-state index contributed by atoms with van der Waals surface area (Å²) >= 11 is 11.0. The highest BCUT2D eigenvalue weighted by atomic mass is 35.5. The number of pyridine rings is 1. The number of aromatic carboxylic acids is 1. The van der Waals surface area contributed by atoms with E-state index >= 15 is 0 Å². The Bertz CT molecular complexity index is 320. The summed E-state index contributed by atoms with van der Waals surface area (Å²) in [5, 5.41) is 8.65. The van der Waals surface area contributed by atoms with E-state index < -0.39 is 5.97 Å². The fraction of sp³-hybridized carbons (Fsp3) is 0. The van der Waals surface area contributed by atoms with Crippen molar-refractivity contribution >= 4 is 47.4 Å². The van der Waals surface area contributed by atoms with Crippen LogP contribution in [0.3, 0.4) is 0 Å². The number of carbonyl (C=O) groups is 1. The summed E-state index contributed by atoms with van der Waals surface area (Å²) in [5.74, 6) is -1.40. The fourth-order valence-electron chi connectivity index (χ4n) is 0.714. The van der Waals surface area contributed by atoms with Gasteiger partial charge in [0.2, 0.25) is 0 Å². The Morgan fingerprint density at radius 2 is 2.08 bits per heavy atom. The monoisotopic (exact) mass is 242 g/mol. The molecule has 0 aromatic carbocycles. The Morgan fingerprint density at radius 3 is 2.46 bits per heavy atom. The van der Waals surface area contributed by atoms with Crippen molar-refractivity contribution in [1.29, 1.82) is 0 Å². The predicted molar refractivity (Wildman–Crippen MR) is 52.9 cm³/mol. The summed E-state index contributed by atoms with van der Waals surface area (Å²) in [6, 6.07) is 1.23. The largest absolute Gasteiger partial charge is 0.478 e. The summed E-state index contributed by atoms with van der Waals surface area (Å²) < 4.78 is 0. The van der Waals surface area contributed by atoms with E-state index in [1.165, 1.54) is 6.07 Å². The van der Waals surface area contributed by atoms with E-state index in [9.17, 15) is 4.79 Å². The van der Waals surface area contributed by atoms with E-state index in [-0.39, 0.29) is 34.0 Å². The van der Waals surface area contributed by atoms with Gasteiger partial charge in [-0.2, -0.15) is 0 Å². The number of nitrogen functional groups attached to an aromatic ring is 1. The zero-order valence-corrected chi connectivity index (χ0v) is 8.45. The number of halogens is 3. The van der Waals surface area contributed by atoms with Gasteiger partial charge in [0.15, 0.2) is 0 Å². The molecular weight excluding hydrogens is 238 g/mol. The minimum absolute atomic E-state index is 0. The standard InChI is InChI=1S/C6H4Cl2N2O2.ClH/c7-2-1-3(8)10-5(9)4(2)6(11)12;/h1H,(H2,9,10)(H,11,12);1H. The summed E-state index contributed by atoms with van der Waals surface area (Å²) in [7, 11) is 0. The summed E-state index contributed by atoms with van der Waals surface area (Å²) in [6.07, 6.45) is 0. The van der Waals surface area contributed by atoms with Crippen LogP contribution in [0.25, 0.3) is 0 Å². The van der Waals surface area contributed by atoms with Gasteiger partial charge in [0.25, 0.3) is 0 Å². The molecule has 0 spiro atoms. The van der Waals surface area contributed by atoms with Gasteiger partial charge < -0.3 is 10.8 Å². The number of nitrogens with zero attached hydrogens (tertiary/aromatic N) is 1. The minimum Gasteiger partial charge on any atom is -0.478 e.